The van der Waals surface area contributed by atoms with Crippen molar-refractivity contribution in [1.82, 2.24) is 10.3 Å². The van der Waals surface area contributed by atoms with E-state index in [0.717, 1.165) is 0 Å². The van der Waals surface area contributed by atoms with Crippen LogP contribution in [0.3, 0.4) is 0 Å². The number of aromatic nitrogens is 2. The first kappa shape index (κ1) is 9.69. The highest BCUT2D eigenvalue weighted by Gasteiger charge is 2.18. The molecule has 0 N–H and O–H groups in total. The number of fused-ring (bicyclic) bond motifs is 1. The number of furan rings is 1. The summed E-state index contributed by atoms with van der Waals surface area (Å²) in [7, 11) is 0. The summed E-state index contributed by atoms with van der Waals surface area (Å²) in [6, 6.07) is 5.14. The van der Waals surface area contributed by atoms with Crippen molar-refractivity contribution >= 4 is 34.2 Å². The Balaban J connectivity index is 2.43. The molecule has 0 amide bonds. The summed E-state index contributed by atoms with van der Waals surface area (Å²) >= 11 is 12.1. The largest absolute Gasteiger partial charge is 0.464 e. The SMILES string of the molecule is Clc1cc(Cl)c2nonc2c1-c1ccco1. The van der Waals surface area contributed by atoms with Gasteiger partial charge in [-0.25, -0.2) is 4.63 Å². The summed E-state index contributed by atoms with van der Waals surface area (Å²) < 4.78 is 9.94. The van der Waals surface area contributed by atoms with Gasteiger partial charge in [0, 0.05) is 0 Å². The number of nitrogens with zero attached hydrogens (tertiary/aromatic N) is 2. The highest BCUT2D eigenvalue weighted by Crippen LogP contribution is 2.37. The molecular formula is C10H4Cl2N2O2. The molecule has 0 aliphatic heterocycles. The lowest BCUT2D eigenvalue weighted by molar-refractivity contribution is 0.315. The second kappa shape index (κ2) is 3.50. The van der Waals surface area contributed by atoms with E-state index >= 15 is 0 Å². The number of benzene rings is 1. The first-order chi connectivity index (χ1) is 7.77. The molecule has 4 nitrogen and oxygen atoms in total. The first-order valence-corrected chi connectivity index (χ1v) is 5.17. The fraction of sp³-hybridized carbons (Fsp3) is 0. The van der Waals surface area contributed by atoms with Gasteiger partial charge in [0.1, 0.15) is 11.3 Å². The smallest absolute Gasteiger partial charge is 0.154 e. The van der Waals surface area contributed by atoms with Crippen LogP contribution in [-0.2, 0) is 0 Å². The molecule has 0 unspecified atom stereocenters. The molecular weight excluding hydrogens is 251 g/mol. The van der Waals surface area contributed by atoms with Gasteiger partial charge in [-0.05, 0) is 28.5 Å². The fourth-order valence-electron chi connectivity index (χ4n) is 1.53. The second-order valence-corrected chi connectivity index (χ2v) is 3.97. The minimum Gasteiger partial charge on any atom is -0.464 e. The zero-order chi connectivity index (χ0) is 11.1. The maximum absolute atomic E-state index is 6.10. The Hall–Kier alpha value is -1.52. The molecule has 0 bridgehead atoms. The van der Waals surface area contributed by atoms with E-state index in [0.29, 0.717) is 32.4 Å². The van der Waals surface area contributed by atoms with Crippen molar-refractivity contribution in [2.45, 2.75) is 0 Å². The molecule has 2 aromatic heterocycles. The van der Waals surface area contributed by atoms with Gasteiger partial charge in [-0.2, -0.15) is 0 Å². The van der Waals surface area contributed by atoms with Crippen molar-refractivity contribution in [2.75, 3.05) is 0 Å². The Kier molecular flexibility index (Phi) is 2.12. The molecule has 16 heavy (non-hydrogen) atoms. The molecule has 0 atom stereocenters. The standard InChI is InChI=1S/C10H4Cl2N2O2/c11-5-4-6(12)9-10(14-16-13-9)8(5)7-2-1-3-15-7/h1-4H. The van der Waals surface area contributed by atoms with Gasteiger partial charge in [0.15, 0.2) is 5.52 Å². The summed E-state index contributed by atoms with van der Waals surface area (Å²) in [5.74, 6) is 0.599. The number of rotatable bonds is 1. The predicted octanol–water partition coefficient (Wildman–Crippen LogP) is 3.79. The van der Waals surface area contributed by atoms with E-state index < -0.39 is 0 Å². The van der Waals surface area contributed by atoms with Crippen molar-refractivity contribution in [2.24, 2.45) is 0 Å². The Morgan fingerprint density at radius 2 is 1.88 bits per heavy atom. The van der Waals surface area contributed by atoms with E-state index in [4.69, 9.17) is 27.6 Å². The molecule has 0 aliphatic carbocycles. The fourth-order valence-corrected chi connectivity index (χ4v) is 2.11. The average molecular weight is 255 g/mol. The highest BCUT2D eigenvalue weighted by atomic mass is 35.5. The van der Waals surface area contributed by atoms with E-state index in [-0.39, 0.29) is 0 Å². The van der Waals surface area contributed by atoms with Crippen LogP contribution in [0.4, 0.5) is 0 Å². The normalized spacial score (nSPS) is 11.1. The summed E-state index contributed by atoms with van der Waals surface area (Å²) in [6.45, 7) is 0. The van der Waals surface area contributed by atoms with Crippen LogP contribution in [0.2, 0.25) is 10.0 Å². The maximum Gasteiger partial charge on any atom is 0.154 e. The van der Waals surface area contributed by atoms with Crippen molar-refractivity contribution in [3.8, 4) is 11.3 Å². The average Bonchev–Trinajstić information content (AvgIpc) is 2.86. The Morgan fingerprint density at radius 3 is 2.62 bits per heavy atom. The van der Waals surface area contributed by atoms with Crippen molar-refractivity contribution in [3.05, 3.63) is 34.5 Å². The quantitative estimate of drug-likeness (QED) is 0.663. The molecule has 0 spiro atoms. The van der Waals surface area contributed by atoms with Crippen molar-refractivity contribution in [3.63, 3.8) is 0 Å². The molecule has 0 aliphatic rings. The monoisotopic (exact) mass is 254 g/mol. The van der Waals surface area contributed by atoms with Crippen LogP contribution in [0, 0.1) is 0 Å². The third kappa shape index (κ3) is 1.31. The van der Waals surface area contributed by atoms with E-state index in [9.17, 15) is 0 Å². The van der Waals surface area contributed by atoms with E-state index in [1.165, 1.54) is 0 Å². The Bertz CT molecular complexity index is 646. The van der Waals surface area contributed by atoms with Crippen LogP contribution in [0.5, 0.6) is 0 Å². The van der Waals surface area contributed by atoms with Gasteiger partial charge < -0.3 is 4.42 Å². The van der Waals surface area contributed by atoms with E-state index in [2.05, 4.69) is 14.9 Å². The summed E-state index contributed by atoms with van der Waals surface area (Å²) in [4.78, 5) is 0. The zero-order valence-corrected chi connectivity index (χ0v) is 9.29. The zero-order valence-electron chi connectivity index (χ0n) is 7.78. The summed E-state index contributed by atoms with van der Waals surface area (Å²) in [6.07, 6.45) is 1.56. The molecule has 0 fully saturated rings. The molecule has 0 radical (unpaired) electrons. The Labute approximate surface area is 99.7 Å². The minimum atomic E-state index is 0.400. The number of hydrogen-bond acceptors (Lipinski definition) is 4. The molecule has 0 saturated heterocycles. The highest BCUT2D eigenvalue weighted by molar-refractivity contribution is 6.40. The third-order valence-corrected chi connectivity index (χ3v) is 2.80. The molecule has 2 heterocycles. The van der Waals surface area contributed by atoms with Crippen molar-refractivity contribution < 1.29 is 9.05 Å². The van der Waals surface area contributed by atoms with Crippen LogP contribution in [0.1, 0.15) is 0 Å². The minimum absolute atomic E-state index is 0.400. The number of halogens is 2. The lowest BCUT2D eigenvalue weighted by Crippen LogP contribution is -1.82. The van der Waals surface area contributed by atoms with Crippen molar-refractivity contribution in [1.29, 1.82) is 0 Å². The summed E-state index contributed by atoms with van der Waals surface area (Å²) in [5.41, 5.74) is 1.59. The van der Waals surface area contributed by atoms with Gasteiger partial charge in [0.25, 0.3) is 0 Å². The van der Waals surface area contributed by atoms with Crippen LogP contribution < -0.4 is 0 Å². The lowest BCUT2D eigenvalue weighted by atomic mass is 10.1. The molecule has 3 aromatic rings. The molecule has 6 heteroatoms. The molecule has 1 aromatic carbocycles. The van der Waals surface area contributed by atoms with Gasteiger partial charge >= 0.3 is 0 Å². The lowest BCUT2D eigenvalue weighted by Gasteiger charge is -2.01. The van der Waals surface area contributed by atoms with E-state index in [1.807, 2.05) is 0 Å². The molecule has 80 valence electrons. The molecule has 0 saturated carbocycles. The Morgan fingerprint density at radius 1 is 1.06 bits per heavy atom. The summed E-state index contributed by atoms with van der Waals surface area (Å²) in [5, 5.41) is 8.34. The second-order valence-electron chi connectivity index (χ2n) is 3.15. The van der Waals surface area contributed by atoms with Gasteiger partial charge in [-0.15, -0.1) is 0 Å². The van der Waals surface area contributed by atoms with E-state index in [1.54, 1.807) is 24.5 Å². The van der Waals surface area contributed by atoms with Gasteiger partial charge in [0.2, 0.25) is 0 Å². The van der Waals surface area contributed by atoms with Crippen LogP contribution >= 0.6 is 23.2 Å². The predicted molar refractivity (Wildman–Crippen MR) is 59.5 cm³/mol. The van der Waals surface area contributed by atoms with Crippen LogP contribution in [0.15, 0.2) is 33.5 Å². The first-order valence-electron chi connectivity index (χ1n) is 4.41. The van der Waals surface area contributed by atoms with Gasteiger partial charge in [-0.3, -0.25) is 0 Å². The van der Waals surface area contributed by atoms with Crippen LogP contribution in [0.25, 0.3) is 22.4 Å². The van der Waals surface area contributed by atoms with Gasteiger partial charge in [-0.1, -0.05) is 23.2 Å². The van der Waals surface area contributed by atoms with Crippen LogP contribution in [-0.4, -0.2) is 10.3 Å². The topological polar surface area (TPSA) is 52.1 Å². The van der Waals surface area contributed by atoms with Gasteiger partial charge in [0.05, 0.1) is 21.9 Å². The molecule has 3 rings (SSSR count). The third-order valence-electron chi connectivity index (χ3n) is 2.21. The maximum atomic E-state index is 6.10. The number of hydrogen-bond donors (Lipinski definition) is 0.